The Bertz CT molecular complexity index is 1500. The molecular formula is C26H25F3N8. The number of hydrogen-bond acceptors (Lipinski definition) is 5. The molecule has 8 nitrogen and oxygen atoms in total. The molecule has 0 saturated heterocycles. The number of hydrogen-bond donors (Lipinski definition) is 1. The molecular weight excluding hydrogens is 481 g/mol. The molecule has 11 heteroatoms. The zero-order valence-electron chi connectivity index (χ0n) is 19.9. The molecule has 1 aliphatic rings. The molecule has 0 unspecified atom stereocenters. The number of nitrogens with zero attached hydrogens (tertiary/aromatic N) is 7. The van der Waals surface area contributed by atoms with Gasteiger partial charge in [0.15, 0.2) is 0 Å². The third kappa shape index (κ3) is 5.12. The van der Waals surface area contributed by atoms with Crippen LogP contribution in [0.5, 0.6) is 0 Å². The second-order valence-corrected chi connectivity index (χ2v) is 9.57. The molecule has 0 aliphatic heterocycles. The molecule has 0 aromatic carbocycles. The molecule has 190 valence electrons. The van der Waals surface area contributed by atoms with Crippen LogP contribution < -0.4 is 5.32 Å². The van der Waals surface area contributed by atoms with Gasteiger partial charge in [0, 0.05) is 43.1 Å². The number of imidazole rings is 1. The zero-order valence-corrected chi connectivity index (χ0v) is 19.9. The van der Waals surface area contributed by atoms with Crippen molar-refractivity contribution < 1.29 is 13.2 Å². The Hall–Kier alpha value is -3.99. The number of fused-ring (bicyclic) bond motifs is 1. The van der Waals surface area contributed by atoms with Crippen LogP contribution in [0.3, 0.4) is 0 Å². The average Bonchev–Trinajstić information content (AvgIpc) is 3.60. The van der Waals surface area contributed by atoms with Crippen molar-refractivity contribution in [1.82, 2.24) is 39.2 Å². The molecule has 1 N–H and O–H groups in total. The van der Waals surface area contributed by atoms with Gasteiger partial charge in [-0.1, -0.05) is 11.3 Å². The molecule has 1 saturated carbocycles. The summed E-state index contributed by atoms with van der Waals surface area (Å²) in [6, 6.07) is 9.86. The molecule has 0 atom stereocenters. The molecule has 5 aromatic rings. The van der Waals surface area contributed by atoms with Crippen molar-refractivity contribution in [2.24, 2.45) is 11.8 Å². The Morgan fingerprint density at radius 2 is 1.86 bits per heavy atom. The summed E-state index contributed by atoms with van der Waals surface area (Å²) in [4.78, 5) is 9.01. The number of nitrogens with one attached hydrogen (secondary N) is 1. The SMILES string of the molecule is FC(F)(F)C1CC(CNCc2ccc3nc(Cn4cc(-c5cncc(-n6cccc6)c5)nn4)cn3c2)C1. The maximum absolute atomic E-state index is 12.6. The highest BCUT2D eigenvalue weighted by Crippen LogP contribution is 2.44. The van der Waals surface area contributed by atoms with E-state index < -0.39 is 12.1 Å². The second kappa shape index (κ2) is 9.47. The van der Waals surface area contributed by atoms with Crippen molar-refractivity contribution in [2.75, 3.05) is 6.54 Å². The van der Waals surface area contributed by atoms with E-state index in [1.165, 1.54) is 0 Å². The van der Waals surface area contributed by atoms with Gasteiger partial charge in [0.1, 0.15) is 11.3 Å². The van der Waals surface area contributed by atoms with Crippen molar-refractivity contribution in [3.8, 4) is 16.9 Å². The highest BCUT2D eigenvalue weighted by atomic mass is 19.4. The Labute approximate surface area is 210 Å². The second-order valence-electron chi connectivity index (χ2n) is 9.57. The van der Waals surface area contributed by atoms with E-state index in [-0.39, 0.29) is 18.8 Å². The minimum Gasteiger partial charge on any atom is -0.322 e. The van der Waals surface area contributed by atoms with E-state index in [9.17, 15) is 13.2 Å². The van der Waals surface area contributed by atoms with Gasteiger partial charge >= 0.3 is 6.18 Å². The van der Waals surface area contributed by atoms with Crippen LogP contribution in [0.4, 0.5) is 13.2 Å². The Balaban J connectivity index is 1.07. The van der Waals surface area contributed by atoms with E-state index in [4.69, 9.17) is 0 Å². The smallest absolute Gasteiger partial charge is 0.322 e. The van der Waals surface area contributed by atoms with Crippen molar-refractivity contribution >= 4 is 5.65 Å². The first-order valence-corrected chi connectivity index (χ1v) is 12.1. The lowest BCUT2D eigenvalue weighted by Gasteiger charge is -2.36. The van der Waals surface area contributed by atoms with Crippen molar-refractivity contribution in [3.63, 3.8) is 0 Å². The summed E-state index contributed by atoms with van der Waals surface area (Å²) in [5.74, 6) is -1.04. The lowest BCUT2D eigenvalue weighted by atomic mass is 9.74. The summed E-state index contributed by atoms with van der Waals surface area (Å²) in [6.45, 7) is 1.66. The Morgan fingerprint density at radius 3 is 2.68 bits per heavy atom. The largest absolute Gasteiger partial charge is 0.391 e. The van der Waals surface area contributed by atoms with Crippen molar-refractivity contribution in [1.29, 1.82) is 0 Å². The highest BCUT2D eigenvalue weighted by Gasteiger charge is 2.47. The zero-order chi connectivity index (χ0) is 25.4. The molecule has 37 heavy (non-hydrogen) atoms. The molecule has 0 radical (unpaired) electrons. The van der Waals surface area contributed by atoms with Crippen molar-refractivity contribution in [3.05, 3.63) is 85.0 Å². The van der Waals surface area contributed by atoms with Crippen LogP contribution in [0.15, 0.2) is 73.7 Å². The van der Waals surface area contributed by atoms with Crippen LogP contribution in [0.25, 0.3) is 22.6 Å². The minimum atomic E-state index is -4.06. The van der Waals surface area contributed by atoms with Crippen LogP contribution in [0.2, 0.25) is 0 Å². The van der Waals surface area contributed by atoms with Gasteiger partial charge in [0.05, 0.1) is 36.2 Å². The van der Waals surface area contributed by atoms with Crippen LogP contribution in [-0.2, 0) is 13.1 Å². The number of alkyl halides is 3. The summed E-state index contributed by atoms with van der Waals surface area (Å²) in [5, 5.41) is 11.9. The monoisotopic (exact) mass is 506 g/mol. The number of rotatable bonds is 8. The van der Waals surface area contributed by atoms with Gasteiger partial charge in [-0.3, -0.25) is 4.98 Å². The predicted molar refractivity (Wildman–Crippen MR) is 131 cm³/mol. The van der Waals surface area contributed by atoms with Gasteiger partial charge in [-0.2, -0.15) is 13.2 Å². The summed E-state index contributed by atoms with van der Waals surface area (Å²) >= 11 is 0. The van der Waals surface area contributed by atoms with Gasteiger partial charge in [0.25, 0.3) is 0 Å². The van der Waals surface area contributed by atoms with E-state index in [0.717, 1.165) is 33.8 Å². The molecule has 0 bridgehead atoms. The molecule has 5 aromatic heterocycles. The number of aromatic nitrogens is 7. The van der Waals surface area contributed by atoms with E-state index >= 15 is 0 Å². The molecule has 1 aliphatic carbocycles. The molecule has 5 heterocycles. The standard InChI is InChI=1S/C26H25F3N8/c27-26(28,29)21-7-19(8-21)11-30-10-18-3-4-25-32-22(15-36(25)14-18)16-37-17-24(33-34-37)20-9-23(13-31-12-20)35-5-1-2-6-35/h1-6,9,12-15,17,19,21,30H,7-8,10-11,16H2. The third-order valence-electron chi connectivity index (χ3n) is 6.81. The number of pyridine rings is 2. The normalized spacial score (nSPS) is 17.8. The average molecular weight is 507 g/mol. The van der Waals surface area contributed by atoms with Crippen LogP contribution in [-0.4, -0.2) is 46.7 Å². The summed E-state index contributed by atoms with van der Waals surface area (Å²) in [5.41, 5.74) is 5.25. The van der Waals surface area contributed by atoms with Gasteiger partial charge in [0.2, 0.25) is 0 Å². The first-order chi connectivity index (χ1) is 17.9. The van der Waals surface area contributed by atoms with E-state index in [1.54, 1.807) is 17.1 Å². The quantitative estimate of drug-likeness (QED) is 0.335. The number of halogens is 3. The van der Waals surface area contributed by atoms with Crippen LogP contribution in [0.1, 0.15) is 24.1 Å². The van der Waals surface area contributed by atoms with E-state index in [1.807, 2.05) is 70.3 Å². The maximum atomic E-state index is 12.6. The predicted octanol–water partition coefficient (Wildman–Crippen LogP) is 4.50. The third-order valence-corrected chi connectivity index (χ3v) is 6.81. The van der Waals surface area contributed by atoms with Gasteiger partial charge in [-0.25, -0.2) is 9.67 Å². The molecule has 0 spiro atoms. The summed E-state index contributed by atoms with van der Waals surface area (Å²) < 4.78 is 43.6. The van der Waals surface area contributed by atoms with E-state index in [2.05, 4.69) is 25.6 Å². The van der Waals surface area contributed by atoms with Gasteiger partial charge in [-0.15, -0.1) is 5.10 Å². The highest BCUT2D eigenvalue weighted by molar-refractivity contribution is 5.59. The molecule has 0 amide bonds. The Morgan fingerprint density at radius 1 is 1.03 bits per heavy atom. The summed E-state index contributed by atoms with van der Waals surface area (Å²) in [7, 11) is 0. The lowest BCUT2D eigenvalue weighted by Crippen LogP contribution is -2.40. The first-order valence-electron chi connectivity index (χ1n) is 12.1. The molecule has 6 rings (SSSR count). The lowest BCUT2D eigenvalue weighted by molar-refractivity contribution is -0.204. The summed E-state index contributed by atoms with van der Waals surface area (Å²) in [6.07, 6.45) is 9.69. The fourth-order valence-electron chi connectivity index (χ4n) is 4.75. The first kappa shape index (κ1) is 23.4. The Kier molecular flexibility index (Phi) is 5.99. The topological polar surface area (TPSA) is 77.9 Å². The maximum Gasteiger partial charge on any atom is 0.391 e. The fourth-order valence-corrected chi connectivity index (χ4v) is 4.75. The van der Waals surface area contributed by atoms with Gasteiger partial charge < -0.3 is 14.3 Å². The van der Waals surface area contributed by atoms with Crippen molar-refractivity contribution in [2.45, 2.75) is 32.1 Å². The molecule has 1 fully saturated rings. The minimum absolute atomic E-state index is 0.0925. The van der Waals surface area contributed by atoms with Crippen LogP contribution in [0, 0.1) is 11.8 Å². The van der Waals surface area contributed by atoms with Gasteiger partial charge in [-0.05, 0) is 55.1 Å². The van der Waals surface area contributed by atoms with Crippen LogP contribution >= 0.6 is 0 Å². The van der Waals surface area contributed by atoms with E-state index in [0.29, 0.717) is 19.6 Å². The fraction of sp³-hybridized carbons (Fsp3) is 0.308.